The number of hydrogen-bond acceptors (Lipinski definition) is 0. The zero-order valence-corrected chi connectivity index (χ0v) is 22.3. The Morgan fingerprint density at radius 3 is 2.08 bits per heavy atom. The summed E-state index contributed by atoms with van der Waals surface area (Å²) in [5.41, 5.74) is 12.9. The highest BCUT2D eigenvalue weighted by Crippen LogP contribution is 2.38. The van der Waals surface area contributed by atoms with Crippen LogP contribution >= 0.6 is 0 Å². The van der Waals surface area contributed by atoms with Gasteiger partial charge in [-0.3, -0.25) is 0 Å². The van der Waals surface area contributed by atoms with Gasteiger partial charge >= 0.3 is 0 Å². The van der Waals surface area contributed by atoms with Crippen LogP contribution in [0, 0.1) is 24.3 Å². The van der Waals surface area contributed by atoms with Gasteiger partial charge in [-0.1, -0.05) is 127 Å². The van der Waals surface area contributed by atoms with E-state index in [1.165, 1.54) is 76.5 Å². The highest BCUT2D eigenvalue weighted by atomic mass is 14.3. The van der Waals surface area contributed by atoms with Crippen molar-refractivity contribution < 1.29 is 0 Å². The second-order valence-electron chi connectivity index (χ2n) is 10.4. The summed E-state index contributed by atoms with van der Waals surface area (Å²) in [5.74, 6) is 0. The van der Waals surface area contributed by atoms with Crippen LogP contribution in [0.4, 0.5) is 0 Å². The molecule has 0 aliphatic heterocycles. The van der Waals surface area contributed by atoms with Crippen LogP contribution in [0.2, 0.25) is 0 Å². The van der Waals surface area contributed by atoms with Gasteiger partial charge in [-0.25, -0.2) is 0 Å². The van der Waals surface area contributed by atoms with Gasteiger partial charge in [-0.2, -0.15) is 0 Å². The minimum Gasteiger partial charge on any atom is -0.0795 e. The molecule has 0 nitrogen and oxygen atoms in total. The molecule has 5 aromatic rings. The minimum atomic E-state index is 0.904. The summed E-state index contributed by atoms with van der Waals surface area (Å²) in [6.45, 7) is 4.45. The Bertz CT molecular complexity index is 1980. The highest BCUT2D eigenvalue weighted by molar-refractivity contribution is 6.02. The van der Waals surface area contributed by atoms with Crippen molar-refractivity contribution in [2.45, 2.75) is 20.3 Å². The zero-order chi connectivity index (χ0) is 26.3. The number of allylic oxidation sites excluding steroid dienone is 4. The van der Waals surface area contributed by atoms with Crippen LogP contribution in [0.15, 0.2) is 127 Å². The number of hydrogen-bond donors (Lipinski definition) is 0. The number of rotatable bonds is 4. The molecule has 0 saturated carbocycles. The molecule has 0 N–H and O–H groups in total. The average Bonchev–Trinajstić information content (AvgIpc) is 3.61. The normalized spacial score (nSPS) is 13.3. The van der Waals surface area contributed by atoms with Crippen molar-refractivity contribution in [2.75, 3.05) is 0 Å². The van der Waals surface area contributed by atoms with Crippen molar-refractivity contribution in [3.63, 3.8) is 0 Å². The van der Waals surface area contributed by atoms with E-state index in [4.69, 9.17) is 0 Å². The van der Waals surface area contributed by atoms with Crippen LogP contribution in [0.1, 0.15) is 45.4 Å². The van der Waals surface area contributed by atoms with Gasteiger partial charge in [0.2, 0.25) is 0 Å². The molecule has 0 unspecified atom stereocenters. The van der Waals surface area contributed by atoms with Crippen molar-refractivity contribution in [3.05, 3.63) is 187 Å². The van der Waals surface area contributed by atoms with Gasteiger partial charge in [-0.05, 0) is 103 Å². The van der Waals surface area contributed by atoms with Gasteiger partial charge in [0, 0.05) is 0 Å². The van der Waals surface area contributed by atoms with Gasteiger partial charge in [0.25, 0.3) is 0 Å². The predicted molar refractivity (Wildman–Crippen MR) is 163 cm³/mol. The number of fused-ring (bicyclic) bond motifs is 2. The van der Waals surface area contributed by atoms with E-state index >= 15 is 0 Å². The van der Waals surface area contributed by atoms with Crippen LogP contribution in [0.5, 0.6) is 0 Å². The fourth-order valence-corrected chi connectivity index (χ4v) is 6.16. The molecule has 39 heavy (non-hydrogen) atoms. The Morgan fingerprint density at radius 2 is 1.33 bits per heavy atom. The summed E-state index contributed by atoms with van der Waals surface area (Å²) in [5, 5.41) is 4.96. The summed E-state index contributed by atoms with van der Waals surface area (Å²) in [6.07, 6.45) is 9.40. The van der Waals surface area contributed by atoms with E-state index in [1.54, 1.807) is 0 Å². The van der Waals surface area contributed by atoms with Crippen LogP contribution in [-0.4, -0.2) is 0 Å². The first kappa shape index (κ1) is 23.4. The Morgan fingerprint density at radius 1 is 0.641 bits per heavy atom. The van der Waals surface area contributed by atoms with Gasteiger partial charge < -0.3 is 0 Å². The third kappa shape index (κ3) is 3.92. The summed E-state index contributed by atoms with van der Waals surface area (Å²) >= 11 is 0. The smallest absolute Gasteiger partial charge is 0.000730 e. The van der Waals surface area contributed by atoms with E-state index in [0.29, 0.717) is 0 Å². The van der Waals surface area contributed by atoms with Crippen molar-refractivity contribution in [1.82, 2.24) is 0 Å². The Hall–Kier alpha value is -4.68. The first-order valence-electron chi connectivity index (χ1n) is 13.7. The minimum absolute atomic E-state index is 0.904. The quantitative estimate of drug-likeness (QED) is 0.234. The third-order valence-corrected chi connectivity index (χ3v) is 8.20. The number of aryl methyl sites for hydroxylation is 1. The maximum atomic E-state index is 3.84. The molecule has 2 aliphatic carbocycles. The van der Waals surface area contributed by atoms with Crippen molar-refractivity contribution in [2.24, 2.45) is 0 Å². The molecule has 0 fully saturated rings. The lowest BCUT2D eigenvalue weighted by atomic mass is 9.85. The van der Waals surface area contributed by atoms with Crippen LogP contribution < -0.4 is 10.4 Å². The summed E-state index contributed by atoms with van der Waals surface area (Å²) in [6, 6.07) is 41.6. The molecule has 5 aromatic carbocycles. The summed E-state index contributed by atoms with van der Waals surface area (Å²) < 4.78 is 0. The summed E-state index contributed by atoms with van der Waals surface area (Å²) in [7, 11) is 0. The van der Waals surface area contributed by atoms with Gasteiger partial charge in [0.1, 0.15) is 0 Å². The van der Waals surface area contributed by atoms with E-state index in [2.05, 4.69) is 147 Å². The Kier molecular flexibility index (Phi) is 5.75. The molecular formula is C39H29. The third-order valence-electron chi connectivity index (χ3n) is 8.20. The molecule has 0 heteroatoms. The SMILES string of the molecule is Cc1cccc(C2=C(c3c4c(ccc3=C(c3ccccc3)c3ccccc3)=c3ccccc3=[C]4)CC=C2)c1C. The molecule has 0 atom stereocenters. The van der Waals surface area contributed by atoms with E-state index in [9.17, 15) is 0 Å². The predicted octanol–water partition coefficient (Wildman–Crippen LogP) is 7.73. The lowest BCUT2D eigenvalue weighted by Gasteiger charge is -2.18. The molecule has 2 aliphatic rings. The topological polar surface area (TPSA) is 0 Å². The molecule has 0 aromatic heterocycles. The van der Waals surface area contributed by atoms with Crippen LogP contribution in [-0.2, 0) is 0 Å². The lowest BCUT2D eigenvalue weighted by Crippen LogP contribution is -2.17. The van der Waals surface area contributed by atoms with Crippen LogP contribution in [0.25, 0.3) is 22.8 Å². The molecule has 185 valence electrons. The zero-order valence-electron chi connectivity index (χ0n) is 22.3. The van der Waals surface area contributed by atoms with E-state index in [-0.39, 0.29) is 0 Å². The lowest BCUT2D eigenvalue weighted by molar-refractivity contribution is 1.31. The molecule has 0 amide bonds. The monoisotopic (exact) mass is 497 g/mol. The van der Waals surface area contributed by atoms with Crippen molar-refractivity contribution >= 4 is 22.8 Å². The standard InChI is InChI=1S/C39H29/c1-26-13-11-20-31(27(26)2)33-21-12-22-35(33)39-36(24-23-34-32-19-10-9-18-30(32)25-37(34)39)38(28-14-5-3-6-15-28)29-16-7-4-8-17-29/h3-21,23-24H,22H2,1-2H3. The largest absolute Gasteiger partial charge is 0.0795 e. The first-order chi connectivity index (χ1) is 19.2. The van der Waals surface area contributed by atoms with E-state index in [1.807, 2.05) is 0 Å². The maximum absolute atomic E-state index is 3.84. The Balaban J connectivity index is 1.68. The maximum Gasteiger partial charge on any atom is -0.000730 e. The first-order valence-corrected chi connectivity index (χ1v) is 13.7. The molecule has 0 spiro atoms. The molecule has 7 rings (SSSR count). The molecule has 1 radical (unpaired) electrons. The van der Waals surface area contributed by atoms with Gasteiger partial charge in [0.05, 0.1) is 0 Å². The van der Waals surface area contributed by atoms with Crippen molar-refractivity contribution in [1.29, 1.82) is 0 Å². The number of benzene rings is 5. The Labute approximate surface area is 229 Å². The average molecular weight is 498 g/mol. The van der Waals surface area contributed by atoms with Gasteiger partial charge in [0.15, 0.2) is 0 Å². The van der Waals surface area contributed by atoms with E-state index in [0.717, 1.165) is 6.42 Å². The van der Waals surface area contributed by atoms with Gasteiger partial charge in [-0.15, -0.1) is 0 Å². The van der Waals surface area contributed by atoms with Crippen LogP contribution in [0.3, 0.4) is 0 Å². The molecule has 0 heterocycles. The second-order valence-corrected chi connectivity index (χ2v) is 10.4. The molecular weight excluding hydrogens is 468 g/mol. The molecule has 0 bridgehead atoms. The highest BCUT2D eigenvalue weighted by Gasteiger charge is 2.22. The molecule has 0 saturated heterocycles. The summed E-state index contributed by atoms with van der Waals surface area (Å²) in [4.78, 5) is 0. The fourth-order valence-electron chi connectivity index (χ4n) is 6.16. The van der Waals surface area contributed by atoms with E-state index < -0.39 is 0 Å². The van der Waals surface area contributed by atoms with Crippen molar-refractivity contribution in [3.8, 4) is 0 Å². The second kappa shape index (κ2) is 9.57. The fraction of sp³-hybridized carbons (Fsp3) is 0.0769.